The summed E-state index contributed by atoms with van der Waals surface area (Å²) in [5.41, 5.74) is 2.39. The number of H-pyrrole nitrogens is 1. The molecule has 1 saturated heterocycles. The van der Waals surface area contributed by atoms with Crippen molar-refractivity contribution in [2.45, 2.75) is 25.4 Å². The van der Waals surface area contributed by atoms with Crippen LogP contribution in [0, 0.1) is 0 Å². The van der Waals surface area contributed by atoms with Crippen molar-refractivity contribution in [1.82, 2.24) is 19.8 Å². The Morgan fingerprint density at radius 3 is 2.47 bits per heavy atom. The van der Waals surface area contributed by atoms with Gasteiger partial charge in [-0.05, 0) is 68.9 Å². The molecule has 0 atom stereocenters. The largest absolute Gasteiger partial charge is 0.496 e. The molecule has 1 amide bonds. The monoisotopic (exact) mass is 408 g/mol. The summed E-state index contributed by atoms with van der Waals surface area (Å²) in [6.07, 6.45) is 5.46. The third kappa shape index (κ3) is 3.98. The van der Waals surface area contributed by atoms with Crippen molar-refractivity contribution >= 4 is 16.8 Å². The zero-order chi connectivity index (χ0) is 21.1. The average molecular weight is 409 g/mol. The Bertz CT molecular complexity index is 969. The summed E-state index contributed by atoms with van der Waals surface area (Å²) in [6.45, 7) is 2.53. The second-order valence-corrected chi connectivity index (χ2v) is 7.76. The lowest BCUT2D eigenvalue weighted by atomic mass is 10.0. The number of amides is 1. The van der Waals surface area contributed by atoms with E-state index in [2.05, 4.69) is 21.9 Å². The van der Waals surface area contributed by atoms with Gasteiger partial charge in [-0.15, -0.1) is 0 Å². The summed E-state index contributed by atoms with van der Waals surface area (Å²) >= 11 is 0. The van der Waals surface area contributed by atoms with E-state index in [1.807, 2.05) is 35.2 Å². The molecular weight excluding hydrogens is 380 g/mol. The van der Waals surface area contributed by atoms with Gasteiger partial charge >= 0.3 is 0 Å². The average Bonchev–Trinajstić information content (AvgIpc) is 3.23. The van der Waals surface area contributed by atoms with E-state index < -0.39 is 0 Å². The number of carbonyl (C=O) groups excluding carboxylic acids is 1. The highest BCUT2D eigenvalue weighted by Gasteiger charge is 2.29. The van der Waals surface area contributed by atoms with E-state index in [0.717, 1.165) is 42.4 Å². The van der Waals surface area contributed by atoms with Crippen LogP contribution < -0.4 is 9.47 Å². The summed E-state index contributed by atoms with van der Waals surface area (Å²) in [6, 6.07) is 9.69. The maximum absolute atomic E-state index is 13.7. The topological polar surface area (TPSA) is 70.7 Å². The molecule has 1 aliphatic rings. The van der Waals surface area contributed by atoms with Crippen molar-refractivity contribution in [2.75, 3.05) is 34.4 Å². The summed E-state index contributed by atoms with van der Waals surface area (Å²) in [5.74, 6) is 1.38. The number of carbonyl (C=O) groups is 1. The minimum atomic E-state index is -0.0123. The molecule has 0 spiro atoms. The molecule has 30 heavy (non-hydrogen) atoms. The maximum atomic E-state index is 13.7. The summed E-state index contributed by atoms with van der Waals surface area (Å²) in [7, 11) is 5.38. The Morgan fingerprint density at radius 2 is 1.80 bits per heavy atom. The maximum Gasteiger partial charge on any atom is 0.270 e. The number of benzene rings is 1. The van der Waals surface area contributed by atoms with Gasteiger partial charge < -0.3 is 24.3 Å². The standard InChI is InChI=1S/C23H28N4O3/c1-26-12-8-17(9-13-26)27(15-16-6-10-24-11-7-16)23(28)19-14-18-20(29-2)4-5-21(30-3)22(18)25-19/h4-7,10-11,14,17,25H,8-9,12-13,15H2,1-3H3. The van der Waals surface area contributed by atoms with E-state index in [9.17, 15) is 4.79 Å². The molecule has 1 N–H and O–H groups in total. The molecule has 3 heterocycles. The van der Waals surface area contributed by atoms with E-state index in [1.165, 1.54) is 0 Å². The van der Waals surface area contributed by atoms with Crippen molar-refractivity contribution in [1.29, 1.82) is 0 Å². The zero-order valence-electron chi connectivity index (χ0n) is 17.7. The molecule has 4 rings (SSSR count). The third-order valence-electron chi connectivity index (χ3n) is 5.88. The van der Waals surface area contributed by atoms with Crippen LogP contribution in [0.15, 0.2) is 42.7 Å². The number of piperidine rings is 1. The highest BCUT2D eigenvalue weighted by molar-refractivity contribution is 6.01. The third-order valence-corrected chi connectivity index (χ3v) is 5.88. The van der Waals surface area contributed by atoms with Crippen LogP contribution in [0.3, 0.4) is 0 Å². The van der Waals surface area contributed by atoms with Gasteiger partial charge in [0.25, 0.3) is 5.91 Å². The van der Waals surface area contributed by atoms with Gasteiger partial charge in [-0.3, -0.25) is 9.78 Å². The lowest BCUT2D eigenvalue weighted by Crippen LogP contribution is -2.46. The van der Waals surface area contributed by atoms with Crippen LogP contribution in [-0.2, 0) is 6.54 Å². The highest BCUT2D eigenvalue weighted by atomic mass is 16.5. The van der Waals surface area contributed by atoms with Crippen LogP contribution in [0.5, 0.6) is 11.5 Å². The molecule has 3 aromatic rings. The quantitative estimate of drug-likeness (QED) is 0.678. The minimum absolute atomic E-state index is 0.0123. The van der Waals surface area contributed by atoms with E-state index in [0.29, 0.717) is 23.7 Å². The smallest absolute Gasteiger partial charge is 0.270 e. The number of fused-ring (bicyclic) bond motifs is 1. The first-order valence-corrected chi connectivity index (χ1v) is 10.2. The van der Waals surface area contributed by atoms with E-state index in [4.69, 9.17) is 9.47 Å². The van der Waals surface area contributed by atoms with Gasteiger partial charge in [0, 0.05) is 30.4 Å². The Kier molecular flexibility index (Phi) is 5.90. The van der Waals surface area contributed by atoms with Crippen LogP contribution in [0.1, 0.15) is 28.9 Å². The first-order valence-electron chi connectivity index (χ1n) is 10.2. The van der Waals surface area contributed by atoms with Gasteiger partial charge in [-0.1, -0.05) is 0 Å². The minimum Gasteiger partial charge on any atom is -0.496 e. The van der Waals surface area contributed by atoms with Gasteiger partial charge in [-0.25, -0.2) is 0 Å². The number of pyridine rings is 1. The van der Waals surface area contributed by atoms with Crippen molar-refractivity contribution in [3.8, 4) is 11.5 Å². The Hall–Kier alpha value is -3.06. The molecular formula is C23H28N4O3. The fourth-order valence-electron chi connectivity index (χ4n) is 4.14. The number of methoxy groups -OCH3 is 2. The van der Waals surface area contributed by atoms with Crippen LogP contribution in [-0.4, -0.2) is 66.1 Å². The summed E-state index contributed by atoms with van der Waals surface area (Å²) in [5, 5.41) is 0.840. The molecule has 1 aromatic carbocycles. The molecule has 0 saturated carbocycles. The van der Waals surface area contributed by atoms with Crippen LogP contribution in [0.4, 0.5) is 0 Å². The number of rotatable bonds is 6. The predicted molar refractivity (Wildman–Crippen MR) is 116 cm³/mol. The summed E-state index contributed by atoms with van der Waals surface area (Å²) in [4.78, 5) is 25.4. The molecule has 2 aromatic heterocycles. The predicted octanol–water partition coefficient (Wildman–Crippen LogP) is 3.32. The van der Waals surface area contributed by atoms with Gasteiger partial charge in [0.2, 0.25) is 0 Å². The fraction of sp³-hybridized carbons (Fsp3) is 0.391. The van der Waals surface area contributed by atoms with Gasteiger partial charge in [0.05, 0.1) is 19.7 Å². The van der Waals surface area contributed by atoms with Crippen molar-refractivity contribution < 1.29 is 14.3 Å². The normalized spacial score (nSPS) is 15.3. The molecule has 0 aliphatic carbocycles. The van der Waals surface area contributed by atoms with Crippen molar-refractivity contribution in [3.05, 3.63) is 54.0 Å². The highest BCUT2D eigenvalue weighted by Crippen LogP contribution is 2.34. The molecule has 1 aliphatic heterocycles. The molecule has 0 bridgehead atoms. The Labute approximate surface area is 176 Å². The molecule has 1 fully saturated rings. The van der Waals surface area contributed by atoms with Crippen LogP contribution in [0.25, 0.3) is 10.9 Å². The van der Waals surface area contributed by atoms with E-state index in [-0.39, 0.29) is 11.9 Å². The van der Waals surface area contributed by atoms with Gasteiger partial charge in [-0.2, -0.15) is 0 Å². The zero-order valence-corrected chi connectivity index (χ0v) is 17.7. The SMILES string of the molecule is COc1ccc(OC)c2[nH]c(C(=O)N(Cc3ccncc3)C3CCN(C)CC3)cc12. The van der Waals surface area contributed by atoms with Gasteiger partial charge in [0.15, 0.2) is 0 Å². The first kappa shape index (κ1) is 20.2. The van der Waals surface area contributed by atoms with E-state index in [1.54, 1.807) is 26.6 Å². The Morgan fingerprint density at radius 1 is 1.13 bits per heavy atom. The second kappa shape index (κ2) is 8.75. The number of hydrogen-bond acceptors (Lipinski definition) is 5. The number of aromatic amines is 1. The van der Waals surface area contributed by atoms with Crippen LogP contribution in [0.2, 0.25) is 0 Å². The van der Waals surface area contributed by atoms with Crippen molar-refractivity contribution in [2.24, 2.45) is 0 Å². The molecule has 158 valence electrons. The van der Waals surface area contributed by atoms with Crippen LogP contribution >= 0.6 is 0 Å². The lowest BCUT2D eigenvalue weighted by molar-refractivity contribution is 0.0564. The number of hydrogen-bond donors (Lipinski definition) is 1. The number of nitrogens with zero attached hydrogens (tertiary/aromatic N) is 3. The molecule has 0 radical (unpaired) electrons. The molecule has 7 nitrogen and oxygen atoms in total. The van der Waals surface area contributed by atoms with E-state index >= 15 is 0 Å². The lowest BCUT2D eigenvalue weighted by Gasteiger charge is -2.37. The molecule has 7 heteroatoms. The fourth-order valence-corrected chi connectivity index (χ4v) is 4.14. The van der Waals surface area contributed by atoms with Gasteiger partial charge in [0.1, 0.15) is 17.2 Å². The second-order valence-electron chi connectivity index (χ2n) is 7.76. The number of likely N-dealkylation sites (tertiary alicyclic amines) is 1. The molecule has 0 unspecified atom stereocenters. The number of ether oxygens (including phenoxy) is 2. The number of aromatic nitrogens is 2. The Balaban J connectivity index is 1.70. The first-order chi connectivity index (χ1) is 14.6. The van der Waals surface area contributed by atoms with Crippen molar-refractivity contribution in [3.63, 3.8) is 0 Å². The summed E-state index contributed by atoms with van der Waals surface area (Å²) < 4.78 is 11.0. The number of nitrogens with one attached hydrogen (secondary N) is 1.